The van der Waals surface area contributed by atoms with Gasteiger partial charge in [-0.1, -0.05) is 16.7 Å². The van der Waals surface area contributed by atoms with Gasteiger partial charge in [0.15, 0.2) is 0 Å². The lowest BCUT2D eigenvalue weighted by atomic mass is 10.0. The summed E-state index contributed by atoms with van der Waals surface area (Å²) in [6.45, 7) is -0.540. The molecule has 1 aliphatic heterocycles. The van der Waals surface area contributed by atoms with Crippen LogP contribution >= 0.6 is 11.6 Å². The van der Waals surface area contributed by atoms with Crippen LogP contribution in [-0.2, 0) is 5.79 Å². The Morgan fingerprint density at radius 3 is 2.49 bits per heavy atom. The standard InChI is InChI=1S/C22H22ClF5N8O/c1-36(2)6-3-7-37-14-8-16(24)19(17(25)9-14)15-11-31-22(33-20(15)23,32-12-21(26,27)28)18-5-4-13(10-30-18)34-35-29/h4-5,8-11,32-33H,3,6-7,12H2,1-2H3. The van der Waals surface area contributed by atoms with E-state index in [1.165, 1.54) is 12.1 Å². The van der Waals surface area contributed by atoms with Crippen molar-refractivity contribution in [1.82, 2.24) is 20.5 Å². The quantitative estimate of drug-likeness (QED) is 0.107. The highest BCUT2D eigenvalue weighted by atomic mass is 35.5. The van der Waals surface area contributed by atoms with Crippen molar-refractivity contribution in [3.8, 4) is 5.75 Å². The fourth-order valence-electron chi connectivity index (χ4n) is 3.36. The second kappa shape index (κ2) is 11.7. The molecule has 0 saturated carbocycles. The van der Waals surface area contributed by atoms with E-state index in [1.807, 2.05) is 19.0 Å². The lowest BCUT2D eigenvalue weighted by Crippen LogP contribution is -2.56. The van der Waals surface area contributed by atoms with E-state index >= 15 is 0 Å². The Hall–Kier alpha value is -3.45. The lowest BCUT2D eigenvalue weighted by Gasteiger charge is -2.35. The summed E-state index contributed by atoms with van der Waals surface area (Å²) in [6, 6.07) is 4.54. The van der Waals surface area contributed by atoms with Crippen LogP contribution in [0.15, 0.2) is 45.7 Å². The van der Waals surface area contributed by atoms with Gasteiger partial charge in [-0.05, 0) is 38.2 Å². The first-order valence-electron chi connectivity index (χ1n) is 10.8. The summed E-state index contributed by atoms with van der Waals surface area (Å²) < 4.78 is 74.3. The van der Waals surface area contributed by atoms with Gasteiger partial charge in [-0.15, -0.1) is 0 Å². The third-order valence-corrected chi connectivity index (χ3v) is 5.34. The van der Waals surface area contributed by atoms with E-state index in [-0.39, 0.29) is 34.5 Å². The smallest absolute Gasteiger partial charge is 0.401 e. The molecule has 0 spiro atoms. The summed E-state index contributed by atoms with van der Waals surface area (Å²) in [6.07, 6.45) is -1.93. The Morgan fingerprint density at radius 1 is 1.24 bits per heavy atom. The van der Waals surface area contributed by atoms with Gasteiger partial charge < -0.3 is 15.0 Å². The van der Waals surface area contributed by atoms with Crippen molar-refractivity contribution in [3.63, 3.8) is 0 Å². The first kappa shape index (κ1) is 28.1. The number of azide groups is 1. The highest BCUT2D eigenvalue weighted by Gasteiger charge is 2.40. The van der Waals surface area contributed by atoms with E-state index in [4.69, 9.17) is 21.9 Å². The molecule has 0 fully saturated rings. The summed E-state index contributed by atoms with van der Waals surface area (Å²) in [4.78, 5) is 12.6. The molecule has 0 bridgehead atoms. The van der Waals surface area contributed by atoms with E-state index in [0.717, 1.165) is 31.1 Å². The molecule has 1 unspecified atom stereocenters. The summed E-state index contributed by atoms with van der Waals surface area (Å²) in [7, 11) is 3.76. The van der Waals surface area contributed by atoms with Crippen LogP contribution in [0.4, 0.5) is 27.6 Å². The molecular weight excluding hydrogens is 523 g/mol. The average molecular weight is 545 g/mol. The van der Waals surface area contributed by atoms with E-state index in [0.29, 0.717) is 6.42 Å². The molecule has 0 radical (unpaired) electrons. The molecular formula is C22H22ClF5N8O. The SMILES string of the molecule is CN(C)CCCOc1cc(F)c(C2=C(Cl)NC(NCC(F)(F)F)(c3ccc(N=[N+]=[N-])cn3)N=C2)c(F)c1. The third-order valence-electron chi connectivity index (χ3n) is 5.04. The van der Waals surface area contributed by atoms with Crippen molar-refractivity contribution >= 4 is 29.1 Å². The molecule has 1 aliphatic rings. The minimum Gasteiger partial charge on any atom is -0.493 e. The average Bonchev–Trinajstić information content (AvgIpc) is 2.81. The Kier molecular flexibility index (Phi) is 8.92. The molecule has 1 atom stereocenters. The van der Waals surface area contributed by atoms with E-state index in [1.54, 1.807) is 0 Å². The summed E-state index contributed by atoms with van der Waals surface area (Å²) >= 11 is 6.29. The van der Waals surface area contributed by atoms with Crippen LogP contribution in [0.25, 0.3) is 16.0 Å². The second-order valence-electron chi connectivity index (χ2n) is 8.15. The maximum absolute atomic E-state index is 14.9. The molecule has 0 aliphatic carbocycles. The van der Waals surface area contributed by atoms with Gasteiger partial charge in [-0.3, -0.25) is 10.3 Å². The number of halogens is 6. The number of rotatable bonds is 10. The fourth-order valence-corrected chi connectivity index (χ4v) is 3.64. The van der Waals surface area contributed by atoms with Crippen molar-refractivity contribution in [3.05, 3.63) is 69.0 Å². The number of ether oxygens (including phenoxy) is 1. The number of pyridine rings is 1. The van der Waals surface area contributed by atoms with Gasteiger partial charge in [0.05, 0.1) is 24.4 Å². The minimum atomic E-state index is -4.63. The maximum atomic E-state index is 14.9. The predicted molar refractivity (Wildman–Crippen MR) is 128 cm³/mol. The Morgan fingerprint density at radius 2 is 1.95 bits per heavy atom. The first-order chi connectivity index (χ1) is 17.4. The molecule has 2 aromatic rings. The van der Waals surface area contributed by atoms with Gasteiger partial charge in [0.25, 0.3) is 0 Å². The van der Waals surface area contributed by atoms with Gasteiger partial charge in [0, 0.05) is 41.6 Å². The van der Waals surface area contributed by atoms with Crippen LogP contribution in [0, 0.1) is 11.6 Å². The second-order valence-corrected chi connectivity index (χ2v) is 8.53. The van der Waals surface area contributed by atoms with E-state index in [2.05, 4.69) is 30.6 Å². The zero-order valence-electron chi connectivity index (χ0n) is 19.7. The van der Waals surface area contributed by atoms with Crippen LogP contribution in [0.5, 0.6) is 5.75 Å². The zero-order valence-corrected chi connectivity index (χ0v) is 20.4. The van der Waals surface area contributed by atoms with Crippen molar-refractivity contribution in [2.45, 2.75) is 18.4 Å². The largest absolute Gasteiger partial charge is 0.493 e. The Labute approximate surface area is 213 Å². The fraction of sp³-hybridized carbons (Fsp3) is 0.364. The summed E-state index contributed by atoms with van der Waals surface area (Å²) in [5.41, 5.74) is 7.78. The zero-order chi connectivity index (χ0) is 27.2. The molecule has 9 nitrogen and oxygen atoms in total. The van der Waals surface area contributed by atoms with Crippen molar-refractivity contribution in [2.24, 2.45) is 10.1 Å². The number of benzene rings is 1. The number of allylic oxidation sites excluding steroid dienone is 1. The molecule has 15 heteroatoms. The molecule has 1 aromatic carbocycles. The van der Waals surface area contributed by atoms with Crippen LogP contribution in [-0.4, -0.2) is 56.1 Å². The topological polar surface area (TPSA) is 111 Å². The van der Waals surface area contributed by atoms with Crippen molar-refractivity contribution < 1.29 is 26.7 Å². The normalized spacial score (nSPS) is 17.5. The molecule has 37 heavy (non-hydrogen) atoms. The molecule has 1 aromatic heterocycles. The van der Waals surface area contributed by atoms with Crippen molar-refractivity contribution in [2.75, 3.05) is 33.8 Å². The highest BCUT2D eigenvalue weighted by molar-refractivity contribution is 6.37. The van der Waals surface area contributed by atoms with E-state index in [9.17, 15) is 22.0 Å². The molecule has 3 rings (SSSR count). The maximum Gasteiger partial charge on any atom is 0.401 e. The molecule has 2 N–H and O–H groups in total. The van der Waals surface area contributed by atoms with Gasteiger partial charge in [0.1, 0.15) is 28.2 Å². The third kappa shape index (κ3) is 7.29. The molecule has 0 amide bonds. The number of nitrogens with one attached hydrogen (secondary N) is 2. The molecule has 0 saturated heterocycles. The minimum absolute atomic E-state index is 0.0274. The van der Waals surface area contributed by atoms with E-state index < -0.39 is 35.7 Å². The lowest BCUT2D eigenvalue weighted by molar-refractivity contribution is -0.129. The van der Waals surface area contributed by atoms with Gasteiger partial charge in [-0.2, -0.15) is 13.2 Å². The van der Waals surface area contributed by atoms with Gasteiger partial charge in [0.2, 0.25) is 5.79 Å². The highest BCUT2D eigenvalue weighted by Crippen LogP contribution is 2.34. The predicted octanol–water partition coefficient (Wildman–Crippen LogP) is 5.18. The number of hydrogen-bond acceptors (Lipinski definition) is 7. The number of aromatic nitrogens is 1. The van der Waals surface area contributed by atoms with Crippen LogP contribution in [0.1, 0.15) is 17.7 Å². The van der Waals surface area contributed by atoms with Gasteiger partial charge in [-0.25, -0.2) is 13.8 Å². The first-order valence-corrected chi connectivity index (χ1v) is 11.2. The summed E-state index contributed by atoms with van der Waals surface area (Å²) in [5.74, 6) is -4.07. The number of alkyl halides is 3. The number of nitrogens with zero attached hydrogens (tertiary/aromatic N) is 6. The van der Waals surface area contributed by atoms with Crippen LogP contribution in [0.3, 0.4) is 0 Å². The van der Waals surface area contributed by atoms with Crippen molar-refractivity contribution in [1.29, 1.82) is 0 Å². The van der Waals surface area contributed by atoms with Crippen LogP contribution < -0.4 is 15.4 Å². The molecule has 2 heterocycles. The Bertz CT molecular complexity index is 1210. The van der Waals surface area contributed by atoms with Crippen LogP contribution in [0.2, 0.25) is 0 Å². The number of hydrogen-bond donors (Lipinski definition) is 2. The monoisotopic (exact) mass is 544 g/mol. The molecule has 198 valence electrons. The van der Waals surface area contributed by atoms with Gasteiger partial charge >= 0.3 is 6.18 Å². The number of aliphatic imine (C=N–C) groups is 1. The Balaban J connectivity index is 1.91. The summed E-state index contributed by atoms with van der Waals surface area (Å²) in [5, 5.41) is 7.70.